The van der Waals surface area contributed by atoms with Crippen LogP contribution in [0, 0.1) is 5.92 Å². The highest BCUT2D eigenvalue weighted by Crippen LogP contribution is 2.22. The second-order valence-electron chi connectivity index (χ2n) is 3.96. The number of hydrogen-bond donors (Lipinski definition) is 2. The van der Waals surface area contributed by atoms with Crippen molar-refractivity contribution < 1.29 is 5.11 Å². The molecule has 2 atom stereocenters. The third-order valence-electron chi connectivity index (χ3n) is 2.25. The topological polar surface area (TPSA) is 46.2 Å². The van der Waals surface area contributed by atoms with E-state index in [1.165, 1.54) is 4.90 Å². The number of nitrogens with two attached hydrogens (primary N) is 1. The number of hydrogen-bond acceptors (Lipinski definition) is 3. The van der Waals surface area contributed by atoms with Gasteiger partial charge in [-0.25, -0.2) is 0 Å². The Morgan fingerprint density at radius 2 is 1.87 bits per heavy atom. The first-order chi connectivity index (χ1) is 7.13. The van der Waals surface area contributed by atoms with Gasteiger partial charge >= 0.3 is 0 Å². The van der Waals surface area contributed by atoms with Gasteiger partial charge in [-0.15, -0.1) is 11.8 Å². The largest absolute Gasteiger partial charge is 0.396 e. The summed E-state index contributed by atoms with van der Waals surface area (Å²) in [7, 11) is 0. The molecule has 0 aromatic heterocycles. The number of benzene rings is 1. The SMILES string of the molecule is CC(CO)CSc1ccc(C(C)N)cc1. The summed E-state index contributed by atoms with van der Waals surface area (Å²) in [5.41, 5.74) is 6.93. The van der Waals surface area contributed by atoms with Crippen molar-refractivity contribution in [2.24, 2.45) is 11.7 Å². The lowest BCUT2D eigenvalue weighted by molar-refractivity contribution is 0.250. The van der Waals surface area contributed by atoms with Gasteiger partial charge in [0.25, 0.3) is 0 Å². The molecule has 0 aliphatic heterocycles. The van der Waals surface area contributed by atoms with Crippen LogP contribution < -0.4 is 5.73 Å². The van der Waals surface area contributed by atoms with E-state index in [4.69, 9.17) is 10.8 Å². The normalized spacial score (nSPS) is 14.9. The highest BCUT2D eigenvalue weighted by Gasteiger charge is 2.02. The van der Waals surface area contributed by atoms with Crippen LogP contribution in [0.25, 0.3) is 0 Å². The first-order valence-corrected chi connectivity index (χ1v) is 6.21. The Labute approximate surface area is 95.9 Å². The van der Waals surface area contributed by atoms with Crippen molar-refractivity contribution in [1.29, 1.82) is 0 Å². The molecule has 0 aliphatic rings. The van der Waals surface area contributed by atoms with E-state index in [2.05, 4.69) is 24.3 Å². The molecule has 84 valence electrons. The molecule has 0 aliphatic carbocycles. The maximum atomic E-state index is 8.90. The number of aliphatic hydroxyl groups is 1. The molecule has 15 heavy (non-hydrogen) atoms. The molecule has 0 heterocycles. The molecule has 0 spiro atoms. The van der Waals surface area contributed by atoms with Gasteiger partial charge in [-0.1, -0.05) is 19.1 Å². The summed E-state index contributed by atoms with van der Waals surface area (Å²) in [5.74, 6) is 1.30. The van der Waals surface area contributed by atoms with Crippen LogP contribution in [0.4, 0.5) is 0 Å². The fourth-order valence-electron chi connectivity index (χ4n) is 1.16. The predicted molar refractivity (Wildman–Crippen MR) is 66.0 cm³/mol. The zero-order valence-electron chi connectivity index (χ0n) is 9.31. The van der Waals surface area contributed by atoms with Crippen LogP contribution in [0.2, 0.25) is 0 Å². The van der Waals surface area contributed by atoms with Gasteiger partial charge in [0.05, 0.1) is 0 Å². The zero-order chi connectivity index (χ0) is 11.3. The summed E-state index contributed by atoms with van der Waals surface area (Å²) in [5, 5.41) is 8.90. The maximum absolute atomic E-state index is 8.90. The third-order valence-corrected chi connectivity index (χ3v) is 3.59. The van der Waals surface area contributed by atoms with E-state index in [1.54, 1.807) is 11.8 Å². The van der Waals surface area contributed by atoms with Gasteiger partial charge < -0.3 is 10.8 Å². The molecule has 0 saturated carbocycles. The average Bonchev–Trinajstić information content (AvgIpc) is 2.26. The van der Waals surface area contributed by atoms with Gasteiger partial charge in [-0.2, -0.15) is 0 Å². The minimum atomic E-state index is 0.0976. The van der Waals surface area contributed by atoms with Gasteiger partial charge in [-0.3, -0.25) is 0 Å². The van der Waals surface area contributed by atoms with Gasteiger partial charge in [0.1, 0.15) is 0 Å². The van der Waals surface area contributed by atoms with Crippen molar-refractivity contribution in [2.75, 3.05) is 12.4 Å². The molecule has 1 aromatic carbocycles. The van der Waals surface area contributed by atoms with E-state index in [-0.39, 0.29) is 12.6 Å². The summed E-state index contributed by atoms with van der Waals surface area (Å²) >= 11 is 1.77. The molecule has 0 fully saturated rings. The summed E-state index contributed by atoms with van der Waals surface area (Å²) in [4.78, 5) is 1.24. The number of thioether (sulfide) groups is 1. The van der Waals surface area contributed by atoms with E-state index >= 15 is 0 Å². The van der Waals surface area contributed by atoms with Crippen molar-refractivity contribution in [3.05, 3.63) is 29.8 Å². The minimum Gasteiger partial charge on any atom is -0.396 e. The number of aliphatic hydroxyl groups excluding tert-OH is 1. The predicted octanol–water partition coefficient (Wildman–Crippen LogP) is 2.43. The molecule has 1 aromatic rings. The Balaban J connectivity index is 2.50. The quantitative estimate of drug-likeness (QED) is 0.757. The second kappa shape index (κ2) is 6.16. The van der Waals surface area contributed by atoms with Crippen molar-refractivity contribution >= 4 is 11.8 Å². The van der Waals surface area contributed by atoms with Crippen molar-refractivity contribution in [3.8, 4) is 0 Å². The zero-order valence-corrected chi connectivity index (χ0v) is 10.1. The molecular weight excluding hydrogens is 206 g/mol. The van der Waals surface area contributed by atoms with Crippen LogP contribution in [0.1, 0.15) is 25.5 Å². The van der Waals surface area contributed by atoms with Crippen LogP contribution in [0.15, 0.2) is 29.2 Å². The highest BCUT2D eigenvalue weighted by molar-refractivity contribution is 7.99. The lowest BCUT2D eigenvalue weighted by Gasteiger charge is -2.09. The molecule has 1 rings (SSSR count). The minimum absolute atomic E-state index is 0.0976. The molecule has 0 radical (unpaired) electrons. The van der Waals surface area contributed by atoms with Gasteiger partial charge in [-0.05, 0) is 30.5 Å². The maximum Gasteiger partial charge on any atom is 0.0464 e. The summed E-state index contributed by atoms with van der Waals surface area (Å²) in [6, 6.07) is 8.41. The summed E-state index contributed by atoms with van der Waals surface area (Å²) in [6.07, 6.45) is 0. The fraction of sp³-hybridized carbons (Fsp3) is 0.500. The molecule has 0 bridgehead atoms. The lowest BCUT2D eigenvalue weighted by Crippen LogP contribution is -2.05. The van der Waals surface area contributed by atoms with E-state index in [1.807, 2.05) is 13.8 Å². The Bertz CT molecular complexity index is 284. The van der Waals surface area contributed by atoms with Crippen LogP contribution in [0.5, 0.6) is 0 Å². The van der Waals surface area contributed by atoms with E-state index in [9.17, 15) is 0 Å². The lowest BCUT2D eigenvalue weighted by atomic mass is 10.1. The summed E-state index contributed by atoms with van der Waals surface area (Å²) in [6.45, 7) is 4.28. The molecule has 3 N–H and O–H groups in total. The van der Waals surface area contributed by atoms with E-state index in [0.717, 1.165) is 11.3 Å². The average molecular weight is 225 g/mol. The Kier molecular flexibility index (Phi) is 5.15. The van der Waals surface area contributed by atoms with Crippen LogP contribution >= 0.6 is 11.8 Å². The fourth-order valence-corrected chi connectivity index (χ4v) is 2.07. The van der Waals surface area contributed by atoms with E-state index < -0.39 is 0 Å². The van der Waals surface area contributed by atoms with Crippen LogP contribution in [0.3, 0.4) is 0 Å². The first-order valence-electron chi connectivity index (χ1n) is 5.22. The van der Waals surface area contributed by atoms with Crippen molar-refractivity contribution in [1.82, 2.24) is 0 Å². The van der Waals surface area contributed by atoms with Gasteiger partial charge in [0.15, 0.2) is 0 Å². The smallest absolute Gasteiger partial charge is 0.0464 e. The molecule has 3 heteroatoms. The summed E-state index contributed by atoms with van der Waals surface area (Å²) < 4.78 is 0. The standard InChI is InChI=1S/C12H19NOS/c1-9(7-14)8-15-12-5-3-11(4-6-12)10(2)13/h3-6,9-10,14H,7-8,13H2,1-2H3. The monoisotopic (exact) mass is 225 g/mol. The third kappa shape index (κ3) is 4.24. The molecule has 0 saturated heterocycles. The second-order valence-corrected chi connectivity index (χ2v) is 5.05. The van der Waals surface area contributed by atoms with Crippen molar-refractivity contribution in [3.63, 3.8) is 0 Å². The van der Waals surface area contributed by atoms with Crippen LogP contribution in [-0.2, 0) is 0 Å². The Morgan fingerprint density at radius 1 is 1.27 bits per heavy atom. The van der Waals surface area contributed by atoms with Crippen LogP contribution in [-0.4, -0.2) is 17.5 Å². The first kappa shape index (κ1) is 12.6. The van der Waals surface area contributed by atoms with Crippen molar-refractivity contribution in [2.45, 2.75) is 24.8 Å². The molecule has 0 amide bonds. The Morgan fingerprint density at radius 3 is 2.33 bits per heavy atom. The van der Waals surface area contributed by atoms with Gasteiger partial charge in [0.2, 0.25) is 0 Å². The van der Waals surface area contributed by atoms with Gasteiger partial charge in [0, 0.05) is 23.3 Å². The molecule has 2 unspecified atom stereocenters. The molecular formula is C12H19NOS. The Hall–Kier alpha value is -0.510. The number of rotatable bonds is 5. The highest BCUT2D eigenvalue weighted by atomic mass is 32.2. The van der Waals surface area contributed by atoms with E-state index in [0.29, 0.717) is 5.92 Å². The molecule has 2 nitrogen and oxygen atoms in total.